The molecule has 208 valence electrons. The number of amides is 1. The van der Waals surface area contributed by atoms with Gasteiger partial charge in [0, 0.05) is 24.1 Å². The lowest BCUT2D eigenvalue weighted by atomic mass is 10.1. The van der Waals surface area contributed by atoms with Crippen molar-refractivity contribution in [2.45, 2.75) is 110 Å². The fraction of sp³-hybridized carbons (Fsp3) is 0.613. The number of hydrogen-bond donors (Lipinski definition) is 1. The van der Waals surface area contributed by atoms with Crippen molar-refractivity contribution in [2.24, 2.45) is 0 Å². The van der Waals surface area contributed by atoms with E-state index in [-0.39, 0.29) is 29.9 Å². The van der Waals surface area contributed by atoms with Gasteiger partial charge in [-0.25, -0.2) is 4.57 Å². The lowest BCUT2D eigenvalue weighted by Gasteiger charge is -2.12. The standard InChI is InChI=1S/C31H48N2O3.HI/c1-4-6-7-8-9-10-11-12-13-14-15-18-24-36-29-21-20-27(25-30(29)35-3)31(34)32-26-28-19-16-17-23-33(28)22-5-2;/h16-17,19-21,23,25H,4-15,18,22,24,26H2,1-3H3;1H. The van der Waals surface area contributed by atoms with Gasteiger partial charge in [0.1, 0.15) is 13.1 Å². The summed E-state index contributed by atoms with van der Waals surface area (Å²) < 4.78 is 13.6. The number of aromatic nitrogens is 1. The number of unbranched alkanes of at least 4 members (excludes halogenated alkanes) is 11. The average molecular weight is 625 g/mol. The van der Waals surface area contributed by atoms with Gasteiger partial charge in [0.15, 0.2) is 17.7 Å². The second-order valence-corrected chi connectivity index (χ2v) is 9.67. The number of aryl methyl sites for hydroxylation is 1. The third-order valence-corrected chi connectivity index (χ3v) is 6.61. The Morgan fingerprint density at radius 2 is 1.46 bits per heavy atom. The molecule has 1 aromatic heterocycles. The summed E-state index contributed by atoms with van der Waals surface area (Å²) in [6, 6.07) is 11.5. The molecule has 6 heteroatoms. The SMILES string of the molecule is CCCCCCCCCCCCCCOc1ccc(C(=O)NCc2cccc[n+]2CCC)cc1OC.[I-]. The highest BCUT2D eigenvalue weighted by Crippen LogP contribution is 2.28. The number of nitrogens with one attached hydrogen (secondary N) is 1. The largest absolute Gasteiger partial charge is 1.00 e. The van der Waals surface area contributed by atoms with E-state index in [0.717, 1.165) is 25.1 Å². The highest BCUT2D eigenvalue weighted by Gasteiger charge is 2.14. The predicted octanol–water partition coefficient (Wildman–Crippen LogP) is 4.41. The van der Waals surface area contributed by atoms with Gasteiger partial charge in [0.2, 0.25) is 5.69 Å². The molecule has 2 aromatic rings. The van der Waals surface area contributed by atoms with E-state index in [9.17, 15) is 4.79 Å². The fourth-order valence-electron chi connectivity index (χ4n) is 4.46. The number of hydrogen-bond acceptors (Lipinski definition) is 3. The van der Waals surface area contributed by atoms with Crippen LogP contribution in [0.5, 0.6) is 11.5 Å². The zero-order valence-electron chi connectivity index (χ0n) is 23.4. The second kappa shape index (κ2) is 21.1. The molecule has 0 atom stereocenters. The van der Waals surface area contributed by atoms with Crippen molar-refractivity contribution in [1.82, 2.24) is 5.32 Å². The Morgan fingerprint density at radius 1 is 0.811 bits per heavy atom. The van der Waals surface area contributed by atoms with Crippen molar-refractivity contribution in [1.29, 1.82) is 0 Å². The highest BCUT2D eigenvalue weighted by molar-refractivity contribution is 5.94. The molecule has 0 fully saturated rings. The number of rotatable bonds is 20. The monoisotopic (exact) mass is 624 g/mol. The van der Waals surface area contributed by atoms with E-state index >= 15 is 0 Å². The maximum atomic E-state index is 12.7. The summed E-state index contributed by atoms with van der Waals surface area (Å²) in [6.45, 7) is 6.51. The van der Waals surface area contributed by atoms with E-state index < -0.39 is 0 Å². The van der Waals surface area contributed by atoms with Crippen molar-refractivity contribution >= 4 is 5.91 Å². The van der Waals surface area contributed by atoms with Crippen LogP contribution < -0.4 is 43.3 Å². The van der Waals surface area contributed by atoms with Gasteiger partial charge in [-0.1, -0.05) is 90.5 Å². The molecule has 1 aromatic carbocycles. The van der Waals surface area contributed by atoms with Crippen molar-refractivity contribution < 1.29 is 42.8 Å². The van der Waals surface area contributed by atoms with E-state index in [1.165, 1.54) is 70.6 Å². The number of methoxy groups -OCH3 is 1. The first-order valence-corrected chi connectivity index (χ1v) is 14.3. The molecule has 2 rings (SSSR count). The van der Waals surface area contributed by atoms with E-state index in [0.29, 0.717) is 30.2 Å². The Balaban J connectivity index is 0.00000684. The zero-order valence-corrected chi connectivity index (χ0v) is 25.6. The molecule has 0 aliphatic heterocycles. The van der Waals surface area contributed by atoms with Crippen LogP contribution in [0.2, 0.25) is 0 Å². The molecule has 0 aliphatic carbocycles. The maximum absolute atomic E-state index is 12.7. The topological polar surface area (TPSA) is 51.4 Å². The van der Waals surface area contributed by atoms with Gasteiger partial charge < -0.3 is 38.8 Å². The molecule has 0 saturated heterocycles. The zero-order chi connectivity index (χ0) is 25.8. The van der Waals surface area contributed by atoms with Gasteiger partial charge in [0.05, 0.1) is 13.7 Å². The van der Waals surface area contributed by atoms with Gasteiger partial charge in [-0.2, -0.15) is 0 Å². The van der Waals surface area contributed by atoms with Crippen LogP contribution in [0.3, 0.4) is 0 Å². The Hall–Kier alpha value is -1.83. The first-order valence-electron chi connectivity index (χ1n) is 14.3. The molecule has 0 aliphatic rings. The molecule has 0 radical (unpaired) electrons. The van der Waals surface area contributed by atoms with Crippen LogP contribution in [0.15, 0.2) is 42.6 Å². The number of pyridine rings is 1. The summed E-state index contributed by atoms with van der Waals surface area (Å²) in [6.07, 6.45) is 19.0. The van der Waals surface area contributed by atoms with Gasteiger partial charge in [-0.05, 0) is 24.6 Å². The summed E-state index contributed by atoms with van der Waals surface area (Å²) in [7, 11) is 1.62. The molecule has 1 amide bonds. The summed E-state index contributed by atoms with van der Waals surface area (Å²) in [5.74, 6) is 1.18. The molecule has 0 spiro atoms. The van der Waals surface area contributed by atoms with Crippen LogP contribution in [0, 0.1) is 0 Å². The summed E-state index contributed by atoms with van der Waals surface area (Å²) in [5.41, 5.74) is 1.66. The minimum Gasteiger partial charge on any atom is -1.00 e. The summed E-state index contributed by atoms with van der Waals surface area (Å²) >= 11 is 0. The van der Waals surface area contributed by atoms with Gasteiger partial charge in [-0.3, -0.25) is 4.79 Å². The van der Waals surface area contributed by atoms with E-state index in [4.69, 9.17) is 9.47 Å². The fourth-order valence-corrected chi connectivity index (χ4v) is 4.46. The highest BCUT2D eigenvalue weighted by atomic mass is 127. The smallest absolute Gasteiger partial charge is 0.251 e. The number of carbonyl (C=O) groups excluding carboxylic acids is 1. The Bertz CT molecular complexity index is 875. The average Bonchev–Trinajstić information content (AvgIpc) is 2.90. The lowest BCUT2D eigenvalue weighted by molar-refractivity contribution is -0.704. The molecular formula is C31H49IN2O3. The van der Waals surface area contributed by atoms with Crippen LogP contribution in [-0.2, 0) is 13.1 Å². The van der Waals surface area contributed by atoms with Gasteiger partial charge in [-0.15, -0.1) is 0 Å². The van der Waals surface area contributed by atoms with Gasteiger partial charge >= 0.3 is 0 Å². The predicted molar refractivity (Wildman–Crippen MR) is 148 cm³/mol. The number of nitrogens with zero attached hydrogens (tertiary/aromatic N) is 1. The molecule has 0 saturated carbocycles. The summed E-state index contributed by atoms with van der Waals surface area (Å²) in [4.78, 5) is 12.7. The minimum absolute atomic E-state index is 0. The van der Waals surface area contributed by atoms with E-state index in [1.807, 2.05) is 24.3 Å². The van der Waals surface area contributed by atoms with E-state index in [1.54, 1.807) is 19.2 Å². The van der Waals surface area contributed by atoms with Crippen molar-refractivity contribution in [3.8, 4) is 11.5 Å². The molecule has 1 N–H and O–H groups in total. The lowest BCUT2D eigenvalue weighted by Crippen LogP contribution is -3.00. The van der Waals surface area contributed by atoms with E-state index in [2.05, 4.69) is 29.9 Å². The normalized spacial score (nSPS) is 10.6. The van der Waals surface area contributed by atoms with Crippen LogP contribution in [0.1, 0.15) is 113 Å². The minimum atomic E-state index is -0.118. The molecule has 0 bridgehead atoms. The number of halogens is 1. The van der Waals surface area contributed by atoms with Crippen LogP contribution in [-0.4, -0.2) is 19.6 Å². The molecule has 37 heavy (non-hydrogen) atoms. The summed E-state index contributed by atoms with van der Waals surface area (Å²) in [5, 5.41) is 3.02. The van der Waals surface area contributed by atoms with Crippen LogP contribution in [0.4, 0.5) is 0 Å². The van der Waals surface area contributed by atoms with Crippen molar-refractivity contribution in [3.63, 3.8) is 0 Å². The second-order valence-electron chi connectivity index (χ2n) is 9.67. The van der Waals surface area contributed by atoms with Crippen molar-refractivity contribution in [3.05, 3.63) is 53.9 Å². The third kappa shape index (κ3) is 13.5. The number of ether oxygens (including phenoxy) is 2. The Morgan fingerprint density at radius 3 is 2.08 bits per heavy atom. The molecule has 0 unspecified atom stereocenters. The molecule has 1 heterocycles. The quantitative estimate of drug-likeness (QED) is 0.135. The number of carbonyl (C=O) groups is 1. The van der Waals surface area contributed by atoms with Crippen molar-refractivity contribution in [2.75, 3.05) is 13.7 Å². The first-order chi connectivity index (χ1) is 17.7. The van der Waals surface area contributed by atoms with Gasteiger partial charge in [0.25, 0.3) is 5.91 Å². The maximum Gasteiger partial charge on any atom is 0.251 e. The Kier molecular flexibility index (Phi) is 19.0. The first kappa shape index (κ1) is 33.2. The molecular weight excluding hydrogens is 575 g/mol. The number of benzene rings is 1. The van der Waals surface area contributed by atoms with Crippen LogP contribution in [0.25, 0.3) is 0 Å². The molecule has 5 nitrogen and oxygen atoms in total. The Labute approximate surface area is 242 Å². The van der Waals surface area contributed by atoms with Crippen LogP contribution >= 0.6 is 0 Å². The third-order valence-electron chi connectivity index (χ3n) is 6.61.